The van der Waals surface area contributed by atoms with Crippen LogP contribution in [-0.2, 0) is 17.8 Å². The number of carbonyl (C=O) groups excluding carboxylic acids is 1. The summed E-state index contributed by atoms with van der Waals surface area (Å²) in [4.78, 5) is 28.7. The first kappa shape index (κ1) is 17.6. The van der Waals surface area contributed by atoms with E-state index in [2.05, 4.69) is 4.90 Å². The van der Waals surface area contributed by atoms with E-state index in [1.54, 1.807) is 0 Å². The third-order valence-corrected chi connectivity index (χ3v) is 5.63. The highest BCUT2D eigenvalue weighted by atomic mass is 16.4. The van der Waals surface area contributed by atoms with E-state index in [1.165, 1.54) is 24.2 Å². The molecule has 0 unspecified atom stereocenters. The number of fused-ring (bicyclic) bond motifs is 1. The predicted molar refractivity (Wildman–Crippen MR) is 104 cm³/mol. The van der Waals surface area contributed by atoms with Crippen molar-refractivity contribution >= 4 is 17.6 Å². The van der Waals surface area contributed by atoms with Gasteiger partial charge in [0.25, 0.3) is 5.91 Å². The number of hydrogen-bond acceptors (Lipinski definition) is 3. The molecule has 2 aliphatic heterocycles. The van der Waals surface area contributed by atoms with E-state index in [4.69, 9.17) is 0 Å². The molecule has 5 nitrogen and oxygen atoms in total. The molecule has 140 valence electrons. The van der Waals surface area contributed by atoms with Crippen LogP contribution in [0.4, 0.5) is 5.69 Å². The normalized spacial score (nSPS) is 19.5. The fourth-order valence-corrected chi connectivity index (χ4v) is 4.09. The van der Waals surface area contributed by atoms with E-state index in [1.807, 2.05) is 48.5 Å². The fraction of sp³-hybridized carbons (Fsp3) is 0.364. The highest BCUT2D eigenvalue weighted by molar-refractivity contribution is 5.97. The van der Waals surface area contributed by atoms with Crippen molar-refractivity contribution in [3.8, 4) is 0 Å². The standard InChI is InChI=1S/C22H24N2O3/c25-21(16-8-10-19(11-9-16)23-12-4-1-5-13-23)24-15-18-7-3-2-6-17(18)14-20(24)22(26)27/h2-3,6-11,20H,1,4-5,12-15H2,(H,26,27)/t20-/m1/s1. The summed E-state index contributed by atoms with van der Waals surface area (Å²) in [5.41, 5.74) is 3.70. The lowest BCUT2D eigenvalue weighted by Crippen LogP contribution is -2.48. The Hall–Kier alpha value is -2.82. The molecule has 1 N–H and O–H groups in total. The van der Waals surface area contributed by atoms with Crippen molar-refractivity contribution in [1.82, 2.24) is 4.90 Å². The van der Waals surface area contributed by atoms with Crippen LogP contribution in [-0.4, -0.2) is 41.0 Å². The van der Waals surface area contributed by atoms with Crippen LogP contribution in [0.3, 0.4) is 0 Å². The minimum Gasteiger partial charge on any atom is -0.480 e. The predicted octanol–water partition coefficient (Wildman–Crippen LogP) is 3.33. The smallest absolute Gasteiger partial charge is 0.326 e. The van der Waals surface area contributed by atoms with Crippen LogP contribution in [0.2, 0.25) is 0 Å². The molecule has 5 heteroatoms. The summed E-state index contributed by atoms with van der Waals surface area (Å²) in [5.74, 6) is -1.18. The highest BCUT2D eigenvalue weighted by Crippen LogP contribution is 2.26. The molecule has 0 aliphatic carbocycles. The van der Waals surface area contributed by atoms with Crippen LogP contribution in [0.5, 0.6) is 0 Å². The summed E-state index contributed by atoms with van der Waals surface area (Å²) in [6.07, 6.45) is 4.03. The summed E-state index contributed by atoms with van der Waals surface area (Å²) in [5, 5.41) is 9.64. The third-order valence-electron chi connectivity index (χ3n) is 5.63. The maximum Gasteiger partial charge on any atom is 0.326 e. The molecule has 1 atom stereocenters. The van der Waals surface area contributed by atoms with Crippen molar-refractivity contribution in [2.45, 2.75) is 38.3 Å². The van der Waals surface area contributed by atoms with Crippen LogP contribution < -0.4 is 4.90 Å². The number of aliphatic carboxylic acids is 1. The molecule has 4 rings (SSSR count). The zero-order valence-electron chi connectivity index (χ0n) is 15.3. The van der Waals surface area contributed by atoms with Gasteiger partial charge in [-0.2, -0.15) is 0 Å². The van der Waals surface area contributed by atoms with E-state index < -0.39 is 12.0 Å². The minimum absolute atomic E-state index is 0.220. The first-order valence-electron chi connectivity index (χ1n) is 9.59. The van der Waals surface area contributed by atoms with E-state index >= 15 is 0 Å². The molecule has 2 heterocycles. The van der Waals surface area contributed by atoms with Gasteiger partial charge in [-0.05, 0) is 54.7 Å². The van der Waals surface area contributed by atoms with Gasteiger partial charge in [0.2, 0.25) is 0 Å². The van der Waals surface area contributed by atoms with E-state index in [9.17, 15) is 14.7 Å². The van der Waals surface area contributed by atoms with Crippen molar-refractivity contribution in [3.63, 3.8) is 0 Å². The molecule has 2 aromatic carbocycles. The maximum atomic E-state index is 13.1. The van der Waals surface area contributed by atoms with Gasteiger partial charge in [0.05, 0.1) is 0 Å². The Kier molecular flexibility index (Phi) is 4.84. The average Bonchev–Trinajstić information content (AvgIpc) is 2.73. The number of carboxylic acids is 1. The number of anilines is 1. The summed E-state index contributed by atoms with van der Waals surface area (Å²) in [6, 6.07) is 14.5. The lowest BCUT2D eigenvalue weighted by molar-refractivity contribution is -0.142. The van der Waals surface area contributed by atoms with Crippen LogP contribution in [0.25, 0.3) is 0 Å². The average molecular weight is 364 g/mol. The molecule has 0 radical (unpaired) electrons. The number of piperidine rings is 1. The quantitative estimate of drug-likeness (QED) is 0.908. The zero-order valence-corrected chi connectivity index (χ0v) is 15.3. The maximum absolute atomic E-state index is 13.1. The molecular weight excluding hydrogens is 340 g/mol. The van der Waals surface area contributed by atoms with Gasteiger partial charge in [0.1, 0.15) is 6.04 Å². The Morgan fingerprint density at radius 3 is 2.22 bits per heavy atom. The number of amides is 1. The monoisotopic (exact) mass is 364 g/mol. The number of carbonyl (C=O) groups is 2. The van der Waals surface area contributed by atoms with Gasteiger partial charge in [-0.1, -0.05) is 24.3 Å². The third kappa shape index (κ3) is 3.54. The lowest BCUT2D eigenvalue weighted by Gasteiger charge is -2.34. The molecular formula is C22H24N2O3. The molecule has 0 aromatic heterocycles. The zero-order chi connectivity index (χ0) is 18.8. The van der Waals surface area contributed by atoms with Crippen molar-refractivity contribution in [2.24, 2.45) is 0 Å². The number of nitrogens with zero attached hydrogens (tertiary/aromatic N) is 2. The molecule has 2 aromatic rings. The Balaban J connectivity index is 1.56. The molecule has 1 fully saturated rings. The van der Waals surface area contributed by atoms with Crippen molar-refractivity contribution in [2.75, 3.05) is 18.0 Å². The second-order valence-electron chi connectivity index (χ2n) is 7.35. The molecule has 0 spiro atoms. The molecule has 0 saturated carbocycles. The molecule has 0 bridgehead atoms. The molecule has 27 heavy (non-hydrogen) atoms. The van der Waals surface area contributed by atoms with Gasteiger partial charge in [-0.25, -0.2) is 4.79 Å². The van der Waals surface area contributed by atoms with Gasteiger partial charge in [0.15, 0.2) is 0 Å². The summed E-state index contributed by atoms with van der Waals surface area (Å²) in [7, 11) is 0. The number of hydrogen-bond donors (Lipinski definition) is 1. The first-order valence-corrected chi connectivity index (χ1v) is 9.59. The Labute approximate surface area is 159 Å². The SMILES string of the molecule is O=C(O)[C@H]1Cc2ccccc2CN1C(=O)c1ccc(N2CCCCC2)cc1. The van der Waals surface area contributed by atoms with Crippen LogP contribution in [0, 0.1) is 0 Å². The van der Waals surface area contributed by atoms with Crippen molar-refractivity contribution in [3.05, 3.63) is 65.2 Å². The Morgan fingerprint density at radius 2 is 1.56 bits per heavy atom. The van der Waals surface area contributed by atoms with Crippen LogP contribution in [0.1, 0.15) is 40.7 Å². The second-order valence-corrected chi connectivity index (χ2v) is 7.35. The highest BCUT2D eigenvalue weighted by Gasteiger charge is 2.34. The van der Waals surface area contributed by atoms with Crippen LogP contribution >= 0.6 is 0 Å². The number of benzene rings is 2. The van der Waals surface area contributed by atoms with E-state index in [-0.39, 0.29) is 5.91 Å². The number of carboxylic acid groups (broad SMARTS) is 1. The molecule has 1 amide bonds. The molecule has 2 aliphatic rings. The van der Waals surface area contributed by atoms with E-state index in [0.29, 0.717) is 18.5 Å². The fourth-order valence-electron chi connectivity index (χ4n) is 4.09. The molecule has 1 saturated heterocycles. The topological polar surface area (TPSA) is 60.9 Å². The van der Waals surface area contributed by atoms with Crippen LogP contribution in [0.15, 0.2) is 48.5 Å². The van der Waals surface area contributed by atoms with Gasteiger partial charge in [-0.15, -0.1) is 0 Å². The largest absolute Gasteiger partial charge is 0.480 e. The van der Waals surface area contributed by atoms with Gasteiger partial charge < -0.3 is 14.9 Å². The summed E-state index contributed by atoms with van der Waals surface area (Å²) >= 11 is 0. The van der Waals surface area contributed by atoms with Gasteiger partial charge in [-0.3, -0.25) is 4.79 Å². The summed E-state index contributed by atoms with van der Waals surface area (Å²) < 4.78 is 0. The lowest BCUT2D eigenvalue weighted by atomic mass is 9.93. The summed E-state index contributed by atoms with van der Waals surface area (Å²) in [6.45, 7) is 2.44. The second kappa shape index (κ2) is 7.43. The first-order chi connectivity index (χ1) is 13.1. The van der Waals surface area contributed by atoms with Crippen molar-refractivity contribution in [1.29, 1.82) is 0 Å². The number of rotatable bonds is 3. The van der Waals surface area contributed by atoms with Gasteiger partial charge >= 0.3 is 5.97 Å². The Bertz CT molecular complexity index is 841. The van der Waals surface area contributed by atoms with E-state index in [0.717, 1.165) is 29.9 Å². The Morgan fingerprint density at radius 1 is 0.889 bits per heavy atom. The minimum atomic E-state index is -0.956. The van der Waals surface area contributed by atoms with Gasteiger partial charge in [0, 0.05) is 37.3 Å². The van der Waals surface area contributed by atoms with Crippen molar-refractivity contribution < 1.29 is 14.7 Å².